The Bertz CT molecular complexity index is 327. The second-order valence-electron chi connectivity index (χ2n) is 4.85. The van der Waals surface area contributed by atoms with Crippen molar-refractivity contribution in [1.29, 1.82) is 0 Å². The molecule has 1 aliphatic rings. The molecule has 0 radical (unpaired) electrons. The van der Waals surface area contributed by atoms with Gasteiger partial charge in [0.05, 0.1) is 13.2 Å². The first-order valence-electron chi connectivity index (χ1n) is 7.21. The zero-order chi connectivity index (χ0) is 14.1. The summed E-state index contributed by atoms with van der Waals surface area (Å²) >= 11 is 0. The highest BCUT2D eigenvalue weighted by Crippen LogP contribution is 2.29. The molecule has 1 fully saturated rings. The van der Waals surface area contributed by atoms with Gasteiger partial charge in [-0.2, -0.15) is 0 Å². The SMILES string of the molecule is CCOC(=O)/C=C(/CC1CCCCC1)C(=O)OCC. The predicted molar refractivity (Wildman–Crippen MR) is 72.5 cm³/mol. The maximum absolute atomic E-state index is 11.9. The summed E-state index contributed by atoms with van der Waals surface area (Å²) in [5.41, 5.74) is 0.451. The van der Waals surface area contributed by atoms with Gasteiger partial charge in [0.15, 0.2) is 0 Å². The Morgan fingerprint density at radius 2 is 1.68 bits per heavy atom. The minimum Gasteiger partial charge on any atom is -0.463 e. The molecule has 0 amide bonds. The lowest BCUT2D eigenvalue weighted by atomic mass is 9.84. The first-order chi connectivity index (χ1) is 9.17. The summed E-state index contributed by atoms with van der Waals surface area (Å²) in [6.07, 6.45) is 7.86. The molecule has 1 aliphatic carbocycles. The molecule has 0 bridgehead atoms. The molecular weight excluding hydrogens is 244 g/mol. The van der Waals surface area contributed by atoms with Crippen molar-refractivity contribution in [2.45, 2.75) is 52.4 Å². The van der Waals surface area contributed by atoms with E-state index in [-0.39, 0.29) is 5.97 Å². The standard InChI is InChI=1S/C15H24O4/c1-3-18-14(16)11-13(15(17)19-4-2)10-12-8-6-5-7-9-12/h11-12H,3-10H2,1-2H3/b13-11-. The van der Waals surface area contributed by atoms with Crippen LogP contribution < -0.4 is 0 Å². The van der Waals surface area contributed by atoms with E-state index in [2.05, 4.69) is 0 Å². The number of ether oxygens (including phenoxy) is 2. The zero-order valence-corrected chi connectivity index (χ0v) is 11.9. The highest BCUT2D eigenvalue weighted by atomic mass is 16.5. The van der Waals surface area contributed by atoms with E-state index in [1.807, 2.05) is 0 Å². The highest BCUT2D eigenvalue weighted by Gasteiger charge is 2.20. The highest BCUT2D eigenvalue weighted by molar-refractivity contribution is 5.96. The van der Waals surface area contributed by atoms with Crippen molar-refractivity contribution in [1.82, 2.24) is 0 Å². The third kappa shape index (κ3) is 5.90. The fourth-order valence-corrected chi connectivity index (χ4v) is 2.45. The number of carbonyl (C=O) groups is 2. The second-order valence-corrected chi connectivity index (χ2v) is 4.85. The van der Waals surface area contributed by atoms with E-state index in [1.165, 1.54) is 25.3 Å². The van der Waals surface area contributed by atoms with Gasteiger partial charge in [0.25, 0.3) is 0 Å². The Labute approximate surface area is 115 Å². The molecule has 4 heteroatoms. The summed E-state index contributed by atoms with van der Waals surface area (Å²) in [6, 6.07) is 0. The summed E-state index contributed by atoms with van der Waals surface area (Å²) in [7, 11) is 0. The molecule has 108 valence electrons. The maximum Gasteiger partial charge on any atom is 0.334 e. The minimum atomic E-state index is -0.457. The van der Waals surface area contributed by atoms with Crippen molar-refractivity contribution in [3.63, 3.8) is 0 Å². The summed E-state index contributed by atoms with van der Waals surface area (Å²) in [6.45, 7) is 4.15. The molecule has 0 N–H and O–H groups in total. The molecule has 4 nitrogen and oxygen atoms in total. The Hall–Kier alpha value is -1.32. The van der Waals surface area contributed by atoms with Crippen LogP contribution in [0.1, 0.15) is 52.4 Å². The fourth-order valence-electron chi connectivity index (χ4n) is 2.45. The van der Waals surface area contributed by atoms with E-state index in [9.17, 15) is 9.59 Å². The van der Waals surface area contributed by atoms with Crippen molar-refractivity contribution < 1.29 is 19.1 Å². The van der Waals surface area contributed by atoms with Crippen molar-refractivity contribution >= 4 is 11.9 Å². The van der Waals surface area contributed by atoms with Crippen LogP contribution in [0.5, 0.6) is 0 Å². The maximum atomic E-state index is 11.9. The molecule has 0 aromatic heterocycles. The van der Waals surface area contributed by atoms with E-state index in [0.717, 1.165) is 12.8 Å². The third-order valence-corrected chi connectivity index (χ3v) is 3.35. The van der Waals surface area contributed by atoms with Gasteiger partial charge in [-0.1, -0.05) is 32.1 Å². The van der Waals surface area contributed by atoms with Crippen LogP contribution in [0.15, 0.2) is 11.6 Å². The van der Waals surface area contributed by atoms with Crippen LogP contribution in [0.2, 0.25) is 0 Å². The Balaban J connectivity index is 2.67. The average molecular weight is 268 g/mol. The van der Waals surface area contributed by atoms with Crippen LogP contribution in [0, 0.1) is 5.92 Å². The van der Waals surface area contributed by atoms with Gasteiger partial charge in [-0.05, 0) is 26.2 Å². The van der Waals surface area contributed by atoms with Crippen molar-refractivity contribution in [2.24, 2.45) is 5.92 Å². The summed E-state index contributed by atoms with van der Waals surface area (Å²) in [4.78, 5) is 23.4. The largest absolute Gasteiger partial charge is 0.463 e. The molecule has 0 aromatic rings. The van der Waals surface area contributed by atoms with Crippen LogP contribution in [-0.2, 0) is 19.1 Å². The van der Waals surface area contributed by atoms with Crippen LogP contribution >= 0.6 is 0 Å². The average Bonchev–Trinajstić information content (AvgIpc) is 2.40. The quantitative estimate of drug-likeness (QED) is 0.549. The van der Waals surface area contributed by atoms with E-state index in [4.69, 9.17) is 9.47 Å². The second kappa shape index (κ2) is 8.73. The van der Waals surface area contributed by atoms with Crippen molar-refractivity contribution in [3.8, 4) is 0 Å². The molecule has 0 aliphatic heterocycles. The van der Waals surface area contributed by atoms with Crippen LogP contribution in [-0.4, -0.2) is 25.2 Å². The predicted octanol–water partition coefficient (Wildman–Crippen LogP) is 3.01. The van der Waals surface area contributed by atoms with Gasteiger partial charge in [-0.3, -0.25) is 0 Å². The Morgan fingerprint density at radius 3 is 2.26 bits per heavy atom. The molecule has 0 atom stereocenters. The minimum absolute atomic E-state index is 0.314. The van der Waals surface area contributed by atoms with Gasteiger partial charge in [-0.15, -0.1) is 0 Å². The third-order valence-electron chi connectivity index (χ3n) is 3.35. The molecule has 0 unspecified atom stereocenters. The molecule has 0 heterocycles. The lowest BCUT2D eigenvalue weighted by Crippen LogP contribution is -2.16. The number of rotatable bonds is 6. The van der Waals surface area contributed by atoms with Gasteiger partial charge >= 0.3 is 11.9 Å². The van der Waals surface area contributed by atoms with Gasteiger partial charge in [0.2, 0.25) is 0 Å². The Morgan fingerprint density at radius 1 is 1.05 bits per heavy atom. The monoisotopic (exact) mass is 268 g/mol. The molecule has 1 rings (SSSR count). The first-order valence-corrected chi connectivity index (χ1v) is 7.21. The summed E-state index contributed by atoms with van der Waals surface area (Å²) in [5, 5.41) is 0. The number of esters is 2. The normalized spacial score (nSPS) is 17.1. The van der Waals surface area contributed by atoms with Gasteiger partial charge in [-0.25, -0.2) is 9.59 Å². The molecule has 0 spiro atoms. The molecule has 0 saturated heterocycles. The van der Waals surface area contributed by atoms with Crippen LogP contribution in [0.25, 0.3) is 0 Å². The molecule has 0 aromatic carbocycles. The first kappa shape index (κ1) is 15.7. The van der Waals surface area contributed by atoms with Gasteiger partial charge < -0.3 is 9.47 Å². The molecule has 19 heavy (non-hydrogen) atoms. The smallest absolute Gasteiger partial charge is 0.334 e. The molecule has 1 saturated carbocycles. The Kier molecular flexibility index (Phi) is 7.23. The van der Waals surface area contributed by atoms with Crippen molar-refractivity contribution in [3.05, 3.63) is 11.6 Å². The van der Waals surface area contributed by atoms with Gasteiger partial charge in [0, 0.05) is 11.6 Å². The number of carbonyl (C=O) groups excluding carboxylic acids is 2. The van der Waals surface area contributed by atoms with Crippen molar-refractivity contribution in [2.75, 3.05) is 13.2 Å². The number of hydrogen-bond donors (Lipinski definition) is 0. The summed E-state index contributed by atoms with van der Waals surface area (Å²) < 4.78 is 9.88. The van der Waals surface area contributed by atoms with Gasteiger partial charge in [0.1, 0.15) is 0 Å². The zero-order valence-electron chi connectivity index (χ0n) is 11.9. The summed E-state index contributed by atoms with van der Waals surface area (Å²) in [5.74, 6) is -0.360. The van der Waals surface area contributed by atoms with E-state index >= 15 is 0 Å². The van der Waals surface area contributed by atoms with E-state index in [0.29, 0.717) is 31.1 Å². The molecular formula is C15H24O4. The van der Waals surface area contributed by atoms with Crippen LogP contribution in [0.4, 0.5) is 0 Å². The lowest BCUT2D eigenvalue weighted by Gasteiger charge is -2.22. The van der Waals surface area contributed by atoms with Crippen LogP contribution in [0.3, 0.4) is 0 Å². The number of hydrogen-bond acceptors (Lipinski definition) is 4. The fraction of sp³-hybridized carbons (Fsp3) is 0.733. The van der Waals surface area contributed by atoms with E-state index in [1.54, 1.807) is 13.8 Å². The van der Waals surface area contributed by atoms with E-state index < -0.39 is 5.97 Å². The lowest BCUT2D eigenvalue weighted by molar-refractivity contribution is -0.141. The topological polar surface area (TPSA) is 52.6 Å².